The lowest BCUT2D eigenvalue weighted by molar-refractivity contribution is -0.125. The van der Waals surface area contributed by atoms with Crippen LogP contribution in [-0.4, -0.2) is 5.91 Å². The maximum Gasteiger partial charge on any atom is 0.223 e. The van der Waals surface area contributed by atoms with Crippen molar-refractivity contribution in [2.45, 2.75) is 20.3 Å². The Morgan fingerprint density at radius 1 is 1.53 bits per heavy atom. The second-order valence-electron chi connectivity index (χ2n) is 4.21. The summed E-state index contributed by atoms with van der Waals surface area (Å²) in [5.41, 5.74) is 5.91. The zero-order chi connectivity index (χ0) is 11.5. The van der Waals surface area contributed by atoms with E-state index in [2.05, 4.69) is 15.9 Å². The summed E-state index contributed by atoms with van der Waals surface area (Å²) in [5.74, 6) is -0.270. The molecule has 1 aromatic carbocycles. The van der Waals surface area contributed by atoms with E-state index in [1.807, 2.05) is 44.5 Å². The van der Waals surface area contributed by atoms with E-state index in [0.29, 0.717) is 6.42 Å². The van der Waals surface area contributed by atoms with Gasteiger partial charge in [-0.25, -0.2) is 0 Å². The van der Waals surface area contributed by atoms with Gasteiger partial charge < -0.3 is 5.73 Å². The van der Waals surface area contributed by atoms with Crippen LogP contribution in [0.15, 0.2) is 28.7 Å². The summed E-state index contributed by atoms with van der Waals surface area (Å²) in [7, 11) is 0. The van der Waals surface area contributed by atoms with E-state index in [-0.39, 0.29) is 5.91 Å². The van der Waals surface area contributed by atoms with E-state index < -0.39 is 5.41 Å². The van der Waals surface area contributed by atoms with Gasteiger partial charge in [-0.2, -0.15) is 0 Å². The summed E-state index contributed by atoms with van der Waals surface area (Å²) in [5, 5.41) is 0. The molecule has 0 fully saturated rings. The third kappa shape index (κ3) is 3.67. The molecule has 1 radical (unpaired) electrons. The first kappa shape index (κ1) is 12.2. The molecule has 0 atom stereocenters. The molecule has 0 saturated heterocycles. The van der Waals surface area contributed by atoms with Gasteiger partial charge in [0.15, 0.2) is 0 Å². The van der Waals surface area contributed by atoms with E-state index in [0.717, 1.165) is 10.0 Å². The van der Waals surface area contributed by atoms with Crippen molar-refractivity contribution in [1.82, 2.24) is 0 Å². The number of primary amides is 1. The molecule has 0 spiro atoms. The first-order valence-corrected chi connectivity index (χ1v) is 5.60. The SMILES string of the molecule is CC(C)(C[CH]c1cccc(Br)c1)C(N)=O. The lowest BCUT2D eigenvalue weighted by Gasteiger charge is -2.19. The zero-order valence-corrected chi connectivity index (χ0v) is 10.5. The van der Waals surface area contributed by atoms with Crippen molar-refractivity contribution in [2.24, 2.45) is 11.1 Å². The summed E-state index contributed by atoms with van der Waals surface area (Å²) in [6.45, 7) is 3.70. The molecule has 0 aliphatic rings. The summed E-state index contributed by atoms with van der Waals surface area (Å²) in [6.07, 6.45) is 2.67. The highest BCUT2D eigenvalue weighted by molar-refractivity contribution is 9.10. The topological polar surface area (TPSA) is 43.1 Å². The molecule has 3 heteroatoms. The van der Waals surface area contributed by atoms with Crippen LogP contribution in [0.1, 0.15) is 25.8 Å². The van der Waals surface area contributed by atoms with Crippen LogP contribution in [-0.2, 0) is 4.79 Å². The van der Waals surface area contributed by atoms with Crippen LogP contribution in [0.2, 0.25) is 0 Å². The third-order valence-electron chi connectivity index (χ3n) is 2.36. The van der Waals surface area contributed by atoms with Crippen molar-refractivity contribution in [3.63, 3.8) is 0 Å². The highest BCUT2D eigenvalue weighted by Crippen LogP contribution is 2.24. The second kappa shape index (κ2) is 4.79. The molecule has 0 bridgehead atoms. The van der Waals surface area contributed by atoms with Gasteiger partial charge in [0.2, 0.25) is 5.91 Å². The molecule has 0 aromatic heterocycles. The number of halogens is 1. The number of benzene rings is 1. The molecule has 1 aromatic rings. The van der Waals surface area contributed by atoms with E-state index in [1.54, 1.807) is 0 Å². The molecule has 0 aliphatic carbocycles. The van der Waals surface area contributed by atoms with Crippen LogP contribution in [0.3, 0.4) is 0 Å². The van der Waals surface area contributed by atoms with E-state index in [9.17, 15) is 4.79 Å². The first-order chi connectivity index (χ1) is 6.92. The number of amides is 1. The van der Waals surface area contributed by atoms with E-state index in [1.165, 1.54) is 0 Å². The van der Waals surface area contributed by atoms with Gasteiger partial charge in [0.1, 0.15) is 0 Å². The Balaban J connectivity index is 2.61. The standard InChI is InChI=1S/C12H15BrNO/c1-12(2,11(14)15)7-6-9-4-3-5-10(13)8-9/h3-6,8H,7H2,1-2H3,(H2,14,15). The van der Waals surface area contributed by atoms with Crippen molar-refractivity contribution < 1.29 is 4.79 Å². The highest BCUT2D eigenvalue weighted by atomic mass is 79.9. The largest absolute Gasteiger partial charge is 0.369 e. The Labute approximate surface area is 99.0 Å². The summed E-state index contributed by atoms with van der Waals surface area (Å²) in [4.78, 5) is 11.1. The summed E-state index contributed by atoms with van der Waals surface area (Å²) < 4.78 is 1.04. The lowest BCUT2D eigenvalue weighted by Crippen LogP contribution is -2.31. The number of nitrogens with two attached hydrogens (primary N) is 1. The predicted octanol–water partition coefficient (Wildman–Crippen LogP) is 2.90. The molecule has 0 aliphatic heterocycles. The van der Waals surface area contributed by atoms with Gasteiger partial charge >= 0.3 is 0 Å². The summed E-state index contributed by atoms with van der Waals surface area (Å²) >= 11 is 3.40. The van der Waals surface area contributed by atoms with Crippen molar-refractivity contribution in [3.05, 3.63) is 40.7 Å². The van der Waals surface area contributed by atoms with Gasteiger partial charge in [-0.15, -0.1) is 0 Å². The van der Waals surface area contributed by atoms with Crippen LogP contribution < -0.4 is 5.73 Å². The fraction of sp³-hybridized carbons (Fsp3) is 0.333. The molecule has 2 N–H and O–H groups in total. The Bertz CT molecular complexity index is 360. The van der Waals surface area contributed by atoms with Gasteiger partial charge in [0, 0.05) is 9.89 Å². The molecular formula is C12H15BrNO. The highest BCUT2D eigenvalue weighted by Gasteiger charge is 2.24. The minimum Gasteiger partial charge on any atom is -0.369 e. The quantitative estimate of drug-likeness (QED) is 0.897. The fourth-order valence-corrected chi connectivity index (χ4v) is 1.52. The molecule has 0 unspecified atom stereocenters. The maximum atomic E-state index is 11.1. The monoisotopic (exact) mass is 268 g/mol. The zero-order valence-electron chi connectivity index (χ0n) is 8.96. The molecule has 81 valence electrons. The van der Waals surface area contributed by atoms with E-state index in [4.69, 9.17) is 5.73 Å². The fourth-order valence-electron chi connectivity index (χ4n) is 1.11. The minimum absolute atomic E-state index is 0.270. The van der Waals surface area contributed by atoms with E-state index >= 15 is 0 Å². The van der Waals surface area contributed by atoms with Crippen molar-refractivity contribution in [2.75, 3.05) is 0 Å². The number of carbonyl (C=O) groups is 1. The maximum absolute atomic E-state index is 11.1. The van der Waals surface area contributed by atoms with Gasteiger partial charge in [-0.05, 0) is 30.5 Å². The molecule has 1 rings (SSSR count). The van der Waals surface area contributed by atoms with Crippen molar-refractivity contribution >= 4 is 21.8 Å². The number of rotatable bonds is 4. The normalized spacial score (nSPS) is 11.4. The predicted molar refractivity (Wildman–Crippen MR) is 65.1 cm³/mol. The van der Waals surface area contributed by atoms with Crippen LogP contribution in [0, 0.1) is 11.8 Å². The molecule has 1 amide bonds. The van der Waals surface area contributed by atoms with Crippen LogP contribution in [0.5, 0.6) is 0 Å². The van der Waals surface area contributed by atoms with Gasteiger partial charge in [0.05, 0.1) is 0 Å². The lowest BCUT2D eigenvalue weighted by atomic mass is 9.86. The Kier molecular flexibility index (Phi) is 3.91. The first-order valence-electron chi connectivity index (χ1n) is 4.80. The Hall–Kier alpha value is -0.830. The summed E-state index contributed by atoms with van der Waals surface area (Å²) in [6, 6.07) is 7.95. The Morgan fingerprint density at radius 2 is 2.20 bits per heavy atom. The van der Waals surface area contributed by atoms with Crippen LogP contribution in [0.4, 0.5) is 0 Å². The molecule has 0 saturated carbocycles. The molecule has 0 heterocycles. The molecule has 15 heavy (non-hydrogen) atoms. The van der Waals surface area contributed by atoms with Gasteiger partial charge in [0.25, 0.3) is 0 Å². The van der Waals surface area contributed by atoms with Crippen molar-refractivity contribution in [1.29, 1.82) is 0 Å². The molecule has 2 nitrogen and oxygen atoms in total. The van der Waals surface area contributed by atoms with Gasteiger partial charge in [-0.1, -0.05) is 41.9 Å². The number of hydrogen-bond acceptors (Lipinski definition) is 1. The Morgan fingerprint density at radius 3 is 2.73 bits per heavy atom. The molecular weight excluding hydrogens is 254 g/mol. The smallest absolute Gasteiger partial charge is 0.223 e. The average molecular weight is 269 g/mol. The number of hydrogen-bond donors (Lipinski definition) is 1. The number of carbonyl (C=O) groups excluding carboxylic acids is 1. The minimum atomic E-state index is -0.484. The average Bonchev–Trinajstić information content (AvgIpc) is 2.15. The third-order valence-corrected chi connectivity index (χ3v) is 2.86. The van der Waals surface area contributed by atoms with Crippen LogP contribution >= 0.6 is 15.9 Å². The van der Waals surface area contributed by atoms with Gasteiger partial charge in [-0.3, -0.25) is 4.79 Å². The van der Waals surface area contributed by atoms with Crippen molar-refractivity contribution in [3.8, 4) is 0 Å². The van der Waals surface area contributed by atoms with Crippen LogP contribution in [0.25, 0.3) is 0 Å². The second-order valence-corrected chi connectivity index (χ2v) is 5.13.